The quantitative estimate of drug-likeness (QED) is 0.356. The van der Waals surface area contributed by atoms with Gasteiger partial charge in [0.1, 0.15) is 12.4 Å². The van der Waals surface area contributed by atoms with Crippen molar-refractivity contribution in [3.63, 3.8) is 0 Å². The Kier molecular flexibility index (Phi) is 9.09. The molecule has 0 amide bonds. The first kappa shape index (κ1) is 25.1. The molecule has 4 rings (SSSR count). The van der Waals surface area contributed by atoms with E-state index in [4.69, 9.17) is 14.2 Å². The maximum atomic E-state index is 6.17. The summed E-state index contributed by atoms with van der Waals surface area (Å²) in [5.41, 5.74) is 4.34. The summed E-state index contributed by atoms with van der Waals surface area (Å²) in [5.74, 6) is 2.33. The van der Waals surface area contributed by atoms with E-state index in [-0.39, 0.29) is 0 Å². The minimum absolute atomic E-state index is 0.422. The lowest BCUT2D eigenvalue weighted by atomic mass is 9.98. The lowest BCUT2D eigenvalue weighted by Gasteiger charge is -2.18. The third kappa shape index (κ3) is 7.03. The second-order valence-corrected chi connectivity index (χ2v) is 9.45. The highest BCUT2D eigenvalue weighted by molar-refractivity contribution is 5.67. The number of benzene rings is 2. The van der Waals surface area contributed by atoms with Crippen LogP contribution in [0.25, 0.3) is 11.1 Å². The van der Waals surface area contributed by atoms with Gasteiger partial charge < -0.3 is 19.1 Å². The van der Waals surface area contributed by atoms with E-state index in [1.54, 1.807) is 7.11 Å². The summed E-state index contributed by atoms with van der Waals surface area (Å²) < 4.78 is 17.6. The van der Waals surface area contributed by atoms with Gasteiger partial charge in [-0.15, -0.1) is 5.10 Å². The fraction of sp³-hybridized carbons (Fsp3) is 0.448. The predicted molar refractivity (Wildman–Crippen MR) is 139 cm³/mol. The largest absolute Gasteiger partial charge is 0.489 e. The van der Waals surface area contributed by atoms with Crippen molar-refractivity contribution in [3.8, 4) is 22.8 Å². The first-order chi connectivity index (χ1) is 17.2. The third-order valence-electron chi connectivity index (χ3n) is 6.61. The van der Waals surface area contributed by atoms with E-state index in [2.05, 4.69) is 53.3 Å². The van der Waals surface area contributed by atoms with E-state index in [1.165, 1.54) is 0 Å². The summed E-state index contributed by atoms with van der Waals surface area (Å²) in [5, 5.41) is 8.97. The molecule has 0 saturated carbocycles. The molecule has 2 atom stereocenters. The van der Waals surface area contributed by atoms with Gasteiger partial charge in [0.05, 0.1) is 18.9 Å². The van der Waals surface area contributed by atoms with Gasteiger partial charge >= 0.3 is 0 Å². The van der Waals surface area contributed by atoms with E-state index in [0.29, 0.717) is 30.9 Å². The number of rotatable bonds is 12. The van der Waals surface area contributed by atoms with Gasteiger partial charge in [-0.2, -0.15) is 5.10 Å². The van der Waals surface area contributed by atoms with Crippen LogP contribution in [0.5, 0.6) is 11.6 Å². The molecule has 3 aromatic rings. The highest BCUT2D eigenvalue weighted by Gasteiger charge is 2.31. The van der Waals surface area contributed by atoms with Crippen LogP contribution in [0, 0.1) is 11.8 Å². The average molecular weight is 476 g/mol. The fourth-order valence-electron chi connectivity index (χ4n) is 4.68. The molecule has 1 aliphatic rings. The standard InChI is InChI=1S/C29H37N3O3/c1-4-5-11-28-27(23-12-14-26(15-13-23)34-19-22-9-7-6-8-10-22)16-29(31-30-28)35-21-25-18-32(2)17-24(25)20-33-3/h6-10,12-16,24-25H,4-5,11,17-21H2,1-3H3. The summed E-state index contributed by atoms with van der Waals surface area (Å²) in [6.45, 7) is 6.16. The Morgan fingerprint density at radius 2 is 1.66 bits per heavy atom. The van der Waals surface area contributed by atoms with Crippen LogP contribution in [0.1, 0.15) is 31.0 Å². The Morgan fingerprint density at radius 3 is 2.37 bits per heavy atom. The summed E-state index contributed by atoms with van der Waals surface area (Å²) in [6.07, 6.45) is 3.09. The van der Waals surface area contributed by atoms with Crippen LogP contribution >= 0.6 is 0 Å². The number of aryl methyl sites for hydroxylation is 1. The highest BCUT2D eigenvalue weighted by Crippen LogP contribution is 2.29. The van der Waals surface area contributed by atoms with Crippen LogP contribution in [0.15, 0.2) is 60.7 Å². The van der Waals surface area contributed by atoms with Gasteiger partial charge in [0.2, 0.25) is 5.88 Å². The van der Waals surface area contributed by atoms with Crippen LogP contribution in [-0.2, 0) is 17.8 Å². The molecule has 0 aliphatic carbocycles. The molecule has 0 radical (unpaired) electrons. The van der Waals surface area contributed by atoms with Crippen LogP contribution in [0.2, 0.25) is 0 Å². The van der Waals surface area contributed by atoms with Gasteiger partial charge in [-0.3, -0.25) is 0 Å². The molecule has 2 aromatic carbocycles. The van der Waals surface area contributed by atoms with Gasteiger partial charge in [-0.25, -0.2) is 0 Å². The maximum Gasteiger partial charge on any atom is 0.234 e. The summed E-state index contributed by atoms with van der Waals surface area (Å²) in [7, 11) is 3.91. The van der Waals surface area contributed by atoms with Gasteiger partial charge in [-0.1, -0.05) is 55.8 Å². The fourth-order valence-corrected chi connectivity index (χ4v) is 4.68. The van der Waals surface area contributed by atoms with Gasteiger partial charge in [0.25, 0.3) is 0 Å². The van der Waals surface area contributed by atoms with Crippen molar-refractivity contribution in [1.29, 1.82) is 0 Å². The zero-order valence-corrected chi connectivity index (χ0v) is 21.2. The molecular weight excluding hydrogens is 438 g/mol. The van der Waals surface area contributed by atoms with Crippen molar-refractivity contribution in [2.45, 2.75) is 32.8 Å². The van der Waals surface area contributed by atoms with E-state index < -0.39 is 0 Å². The second kappa shape index (κ2) is 12.7. The first-order valence-corrected chi connectivity index (χ1v) is 12.6. The Hall–Kier alpha value is -2.96. The normalized spacial score (nSPS) is 18.0. The number of methoxy groups -OCH3 is 1. The number of ether oxygens (including phenoxy) is 3. The van der Waals surface area contributed by atoms with Gasteiger partial charge in [-0.05, 0) is 43.1 Å². The number of hydrogen-bond donors (Lipinski definition) is 0. The monoisotopic (exact) mass is 475 g/mol. The Labute approximate surface area is 209 Å². The minimum atomic E-state index is 0.422. The van der Waals surface area contributed by atoms with Crippen molar-refractivity contribution in [3.05, 3.63) is 71.9 Å². The summed E-state index contributed by atoms with van der Waals surface area (Å²) in [6, 6.07) is 20.5. The van der Waals surface area contributed by atoms with Crippen LogP contribution in [0.4, 0.5) is 0 Å². The topological polar surface area (TPSA) is 56.7 Å². The van der Waals surface area contributed by atoms with Crippen molar-refractivity contribution in [2.24, 2.45) is 11.8 Å². The van der Waals surface area contributed by atoms with Gasteiger partial charge in [0, 0.05) is 43.7 Å². The van der Waals surface area contributed by atoms with Crippen molar-refractivity contribution < 1.29 is 14.2 Å². The molecule has 0 spiro atoms. The highest BCUT2D eigenvalue weighted by atomic mass is 16.5. The molecular formula is C29H37N3O3. The second-order valence-electron chi connectivity index (χ2n) is 9.45. The SMILES string of the molecule is CCCCc1nnc(OCC2CN(C)CC2COC)cc1-c1ccc(OCc2ccccc2)cc1. The molecule has 1 fully saturated rings. The molecule has 2 heterocycles. The van der Waals surface area contributed by atoms with Crippen molar-refractivity contribution in [2.75, 3.05) is 40.5 Å². The Balaban J connectivity index is 1.46. The van der Waals surface area contributed by atoms with Crippen LogP contribution in [0.3, 0.4) is 0 Å². The number of unbranched alkanes of at least 4 members (excludes halogenated alkanes) is 1. The lowest BCUT2D eigenvalue weighted by molar-refractivity contribution is 0.118. The lowest BCUT2D eigenvalue weighted by Crippen LogP contribution is -2.24. The average Bonchev–Trinajstić information content (AvgIpc) is 3.25. The van der Waals surface area contributed by atoms with Crippen molar-refractivity contribution in [1.82, 2.24) is 15.1 Å². The molecule has 6 heteroatoms. The summed E-state index contributed by atoms with van der Waals surface area (Å²) >= 11 is 0. The Bertz CT molecular complexity index is 1040. The van der Waals surface area contributed by atoms with Gasteiger partial charge in [0.15, 0.2) is 0 Å². The number of likely N-dealkylation sites (tertiary alicyclic amines) is 1. The molecule has 186 valence electrons. The maximum absolute atomic E-state index is 6.17. The molecule has 1 saturated heterocycles. The minimum Gasteiger partial charge on any atom is -0.489 e. The molecule has 6 nitrogen and oxygen atoms in total. The van der Waals surface area contributed by atoms with Crippen LogP contribution < -0.4 is 9.47 Å². The summed E-state index contributed by atoms with van der Waals surface area (Å²) in [4.78, 5) is 2.34. The van der Waals surface area contributed by atoms with Crippen molar-refractivity contribution >= 4 is 0 Å². The van der Waals surface area contributed by atoms with E-state index >= 15 is 0 Å². The van der Waals surface area contributed by atoms with Crippen LogP contribution in [-0.4, -0.2) is 55.6 Å². The van der Waals surface area contributed by atoms with E-state index in [1.807, 2.05) is 36.4 Å². The zero-order valence-electron chi connectivity index (χ0n) is 21.2. The molecule has 1 aliphatic heterocycles. The molecule has 35 heavy (non-hydrogen) atoms. The first-order valence-electron chi connectivity index (χ1n) is 12.6. The molecule has 1 aromatic heterocycles. The zero-order chi connectivity index (χ0) is 24.5. The Morgan fingerprint density at radius 1 is 0.914 bits per heavy atom. The molecule has 0 N–H and O–H groups in total. The third-order valence-corrected chi connectivity index (χ3v) is 6.61. The molecule has 2 unspecified atom stereocenters. The number of hydrogen-bond acceptors (Lipinski definition) is 6. The number of aromatic nitrogens is 2. The van der Waals surface area contributed by atoms with E-state index in [0.717, 1.165) is 67.1 Å². The predicted octanol–water partition coefficient (Wildman–Crippen LogP) is 5.27. The van der Waals surface area contributed by atoms with E-state index in [9.17, 15) is 0 Å². The number of nitrogens with zero attached hydrogens (tertiary/aromatic N) is 3. The smallest absolute Gasteiger partial charge is 0.234 e. The molecule has 0 bridgehead atoms.